The maximum absolute atomic E-state index is 12.9. The van der Waals surface area contributed by atoms with Gasteiger partial charge in [0.05, 0.1) is 6.61 Å². The topological polar surface area (TPSA) is 26.3 Å². The van der Waals surface area contributed by atoms with E-state index in [2.05, 4.69) is 6.92 Å². The minimum atomic E-state index is -0.771. The summed E-state index contributed by atoms with van der Waals surface area (Å²) in [5, 5.41) is 0. The van der Waals surface area contributed by atoms with Crippen molar-refractivity contribution in [3.05, 3.63) is 71.8 Å². The Hall–Kier alpha value is -2.09. The predicted octanol–water partition coefficient (Wildman–Crippen LogP) is 5.12. The first kappa shape index (κ1) is 17.3. The fourth-order valence-electron chi connectivity index (χ4n) is 2.78. The zero-order valence-corrected chi connectivity index (χ0v) is 14.1. The maximum atomic E-state index is 12.9. The summed E-state index contributed by atoms with van der Waals surface area (Å²) in [5.41, 5.74) is 1.15. The van der Waals surface area contributed by atoms with Gasteiger partial charge in [-0.1, -0.05) is 86.8 Å². The number of unbranched alkanes of at least 4 members (excludes halogenated alkanes) is 3. The van der Waals surface area contributed by atoms with Gasteiger partial charge in [-0.2, -0.15) is 0 Å². The number of carbonyl (C=O) groups is 1. The van der Waals surface area contributed by atoms with Gasteiger partial charge in [-0.15, -0.1) is 0 Å². The fourth-order valence-corrected chi connectivity index (χ4v) is 2.78. The van der Waals surface area contributed by atoms with Crippen molar-refractivity contribution >= 4 is 5.97 Å². The second kappa shape index (κ2) is 8.52. The second-order valence-electron chi connectivity index (χ2n) is 6.05. The molecule has 0 aliphatic carbocycles. The minimum absolute atomic E-state index is 0.175. The molecule has 0 N–H and O–H groups in total. The Balaban J connectivity index is 2.19. The molecular weight excluding hydrogens is 284 g/mol. The smallest absolute Gasteiger partial charge is 0.320 e. The second-order valence-corrected chi connectivity index (χ2v) is 6.05. The highest BCUT2D eigenvalue weighted by Gasteiger charge is 2.38. The minimum Gasteiger partial charge on any atom is -0.465 e. The van der Waals surface area contributed by atoms with E-state index in [-0.39, 0.29) is 5.97 Å². The molecule has 2 heteroatoms. The van der Waals surface area contributed by atoms with Crippen molar-refractivity contribution in [2.45, 2.75) is 44.9 Å². The average Bonchev–Trinajstić information content (AvgIpc) is 2.62. The van der Waals surface area contributed by atoms with Crippen molar-refractivity contribution in [2.24, 2.45) is 0 Å². The number of carbonyl (C=O) groups excluding carboxylic acids is 1. The first-order chi connectivity index (χ1) is 11.2. The highest BCUT2D eigenvalue weighted by Crippen LogP contribution is 2.33. The van der Waals surface area contributed by atoms with E-state index in [9.17, 15) is 4.79 Å². The molecule has 0 saturated heterocycles. The molecule has 0 aliphatic rings. The van der Waals surface area contributed by atoms with Crippen LogP contribution in [0.3, 0.4) is 0 Å². The third-order valence-corrected chi connectivity index (χ3v) is 4.34. The third kappa shape index (κ3) is 4.22. The highest BCUT2D eigenvalue weighted by molar-refractivity contribution is 5.87. The number of esters is 1. The molecule has 0 unspecified atom stereocenters. The van der Waals surface area contributed by atoms with Gasteiger partial charge >= 0.3 is 5.97 Å². The first-order valence-corrected chi connectivity index (χ1v) is 8.48. The molecule has 23 heavy (non-hydrogen) atoms. The van der Waals surface area contributed by atoms with Crippen LogP contribution < -0.4 is 0 Å². The van der Waals surface area contributed by atoms with E-state index in [0.29, 0.717) is 6.61 Å². The van der Waals surface area contributed by atoms with E-state index in [4.69, 9.17) is 4.74 Å². The SMILES string of the molecule is CCCCCCOC(=O)C(C)(c1ccccc1)c1ccccc1. The van der Waals surface area contributed by atoms with Crippen LogP contribution in [-0.2, 0) is 14.9 Å². The van der Waals surface area contributed by atoms with Gasteiger partial charge in [-0.3, -0.25) is 4.79 Å². The van der Waals surface area contributed by atoms with Crippen LogP contribution in [0.5, 0.6) is 0 Å². The van der Waals surface area contributed by atoms with Gasteiger partial charge in [0.15, 0.2) is 0 Å². The van der Waals surface area contributed by atoms with E-state index in [1.807, 2.05) is 67.6 Å². The predicted molar refractivity (Wildman–Crippen MR) is 94.4 cm³/mol. The molecule has 2 aromatic carbocycles. The molecule has 0 radical (unpaired) electrons. The summed E-state index contributed by atoms with van der Waals surface area (Å²) in [5.74, 6) is -0.175. The van der Waals surface area contributed by atoms with E-state index in [0.717, 1.165) is 24.0 Å². The van der Waals surface area contributed by atoms with Crippen LogP contribution >= 0.6 is 0 Å². The van der Waals surface area contributed by atoms with Crippen molar-refractivity contribution < 1.29 is 9.53 Å². The Bertz CT molecular complexity index is 550. The van der Waals surface area contributed by atoms with Crippen LogP contribution in [0.4, 0.5) is 0 Å². The Morgan fingerprint density at radius 2 is 1.39 bits per heavy atom. The molecule has 0 heterocycles. The van der Waals surface area contributed by atoms with E-state index in [1.54, 1.807) is 0 Å². The summed E-state index contributed by atoms with van der Waals surface area (Å²) in [7, 11) is 0. The number of benzene rings is 2. The van der Waals surface area contributed by atoms with Gasteiger partial charge in [0.25, 0.3) is 0 Å². The number of ether oxygens (including phenoxy) is 1. The molecule has 0 fully saturated rings. The molecule has 0 saturated carbocycles. The van der Waals surface area contributed by atoms with Gasteiger partial charge in [-0.05, 0) is 24.5 Å². The van der Waals surface area contributed by atoms with Gasteiger partial charge in [0, 0.05) is 0 Å². The van der Waals surface area contributed by atoms with Gasteiger partial charge in [-0.25, -0.2) is 0 Å². The first-order valence-electron chi connectivity index (χ1n) is 8.48. The van der Waals surface area contributed by atoms with E-state index < -0.39 is 5.41 Å². The summed E-state index contributed by atoms with van der Waals surface area (Å²) in [6.07, 6.45) is 4.41. The summed E-state index contributed by atoms with van der Waals surface area (Å²) >= 11 is 0. The lowest BCUT2D eigenvalue weighted by atomic mass is 9.76. The lowest BCUT2D eigenvalue weighted by Gasteiger charge is -2.28. The quantitative estimate of drug-likeness (QED) is 0.500. The van der Waals surface area contributed by atoms with Crippen molar-refractivity contribution in [3.63, 3.8) is 0 Å². The number of hydrogen-bond donors (Lipinski definition) is 0. The Labute approximate surface area is 139 Å². The van der Waals surface area contributed by atoms with Crippen molar-refractivity contribution in [1.29, 1.82) is 0 Å². The lowest BCUT2D eigenvalue weighted by molar-refractivity contribution is -0.148. The van der Waals surface area contributed by atoms with Crippen LogP contribution in [0.15, 0.2) is 60.7 Å². The zero-order chi connectivity index (χ0) is 16.5. The van der Waals surface area contributed by atoms with Crippen LogP contribution in [0, 0.1) is 0 Å². The Morgan fingerprint density at radius 3 is 1.87 bits per heavy atom. The van der Waals surface area contributed by atoms with Crippen LogP contribution in [0.1, 0.15) is 50.7 Å². The Kier molecular flexibility index (Phi) is 6.40. The third-order valence-electron chi connectivity index (χ3n) is 4.34. The monoisotopic (exact) mass is 310 g/mol. The molecule has 2 rings (SSSR count). The lowest BCUT2D eigenvalue weighted by Crippen LogP contribution is -2.35. The Morgan fingerprint density at radius 1 is 0.870 bits per heavy atom. The number of hydrogen-bond acceptors (Lipinski definition) is 2. The largest absolute Gasteiger partial charge is 0.465 e. The van der Waals surface area contributed by atoms with Crippen LogP contribution in [0.2, 0.25) is 0 Å². The summed E-state index contributed by atoms with van der Waals surface area (Å²) in [4.78, 5) is 12.9. The molecule has 0 amide bonds. The average molecular weight is 310 g/mol. The van der Waals surface area contributed by atoms with Gasteiger partial charge in [0.2, 0.25) is 0 Å². The molecule has 2 nitrogen and oxygen atoms in total. The number of rotatable bonds is 8. The maximum Gasteiger partial charge on any atom is 0.320 e. The standard InChI is InChI=1S/C21H26O2/c1-3-4-5-12-17-23-20(22)21(2,18-13-8-6-9-14-18)19-15-10-7-11-16-19/h6-11,13-16H,3-5,12,17H2,1-2H3. The zero-order valence-electron chi connectivity index (χ0n) is 14.1. The fraction of sp³-hybridized carbons (Fsp3) is 0.381. The van der Waals surface area contributed by atoms with E-state index >= 15 is 0 Å². The normalized spacial score (nSPS) is 11.2. The summed E-state index contributed by atoms with van der Waals surface area (Å²) in [6.45, 7) is 4.62. The molecule has 0 spiro atoms. The van der Waals surface area contributed by atoms with E-state index in [1.165, 1.54) is 12.8 Å². The summed E-state index contributed by atoms with van der Waals surface area (Å²) in [6, 6.07) is 19.7. The van der Waals surface area contributed by atoms with Gasteiger partial charge in [0.1, 0.15) is 5.41 Å². The van der Waals surface area contributed by atoms with Crippen LogP contribution in [-0.4, -0.2) is 12.6 Å². The molecule has 0 atom stereocenters. The molecule has 2 aromatic rings. The summed E-state index contributed by atoms with van der Waals surface area (Å²) < 4.78 is 5.62. The molecule has 122 valence electrons. The van der Waals surface area contributed by atoms with Crippen molar-refractivity contribution in [3.8, 4) is 0 Å². The van der Waals surface area contributed by atoms with Crippen LogP contribution in [0.25, 0.3) is 0 Å². The molecule has 0 bridgehead atoms. The molecule has 0 aliphatic heterocycles. The van der Waals surface area contributed by atoms with Crippen molar-refractivity contribution in [2.75, 3.05) is 6.61 Å². The molecule has 0 aromatic heterocycles. The van der Waals surface area contributed by atoms with Crippen molar-refractivity contribution in [1.82, 2.24) is 0 Å². The molecular formula is C21H26O2. The highest BCUT2D eigenvalue weighted by atomic mass is 16.5. The van der Waals surface area contributed by atoms with Gasteiger partial charge < -0.3 is 4.74 Å².